The molecule has 2 N–H and O–H groups in total. The first-order valence-corrected chi connectivity index (χ1v) is 7.31. The van der Waals surface area contributed by atoms with Crippen molar-refractivity contribution in [3.8, 4) is 0 Å². The molecule has 0 spiro atoms. The lowest BCUT2D eigenvalue weighted by Gasteiger charge is -2.17. The Kier molecular flexibility index (Phi) is 3.14. The van der Waals surface area contributed by atoms with Gasteiger partial charge in [0, 0.05) is 8.95 Å². The first-order valence-electron chi connectivity index (χ1n) is 5.73. The number of halogens is 2. The van der Waals surface area contributed by atoms with Gasteiger partial charge in [0.2, 0.25) is 0 Å². The maximum Gasteiger partial charge on any atom is 0.266 e. The zero-order valence-electron chi connectivity index (χ0n) is 10.1. The van der Waals surface area contributed by atoms with E-state index in [1.54, 1.807) is 36.4 Å². The number of imide groups is 1. The molecule has 3 rings (SSSR count). The maximum absolute atomic E-state index is 12.4. The molecule has 2 aromatic carbocycles. The highest BCUT2D eigenvalue weighted by atomic mass is 79.9. The van der Waals surface area contributed by atoms with E-state index >= 15 is 0 Å². The lowest BCUT2D eigenvalue weighted by atomic mass is 10.1. The Labute approximate surface area is 131 Å². The lowest BCUT2D eigenvalue weighted by Crippen LogP contribution is -2.30. The third-order valence-corrected chi connectivity index (χ3v) is 4.22. The number of nitrogens with zero attached hydrogens (tertiary/aromatic N) is 1. The summed E-state index contributed by atoms with van der Waals surface area (Å²) in [6.07, 6.45) is 0. The highest BCUT2D eigenvalue weighted by molar-refractivity contribution is 9.11. The Morgan fingerprint density at radius 3 is 2.05 bits per heavy atom. The SMILES string of the molecule is Nc1c(Br)cc(Br)cc1N1C(=O)c2ccccc2C1=O. The van der Waals surface area contributed by atoms with E-state index in [9.17, 15) is 9.59 Å². The second-order valence-electron chi connectivity index (χ2n) is 4.31. The van der Waals surface area contributed by atoms with Crippen LogP contribution in [0.15, 0.2) is 45.3 Å². The number of hydrogen-bond donors (Lipinski definition) is 1. The minimum atomic E-state index is -0.359. The molecule has 20 heavy (non-hydrogen) atoms. The van der Waals surface area contributed by atoms with Gasteiger partial charge in [-0.3, -0.25) is 9.59 Å². The molecule has 0 atom stereocenters. The summed E-state index contributed by atoms with van der Waals surface area (Å²) in [4.78, 5) is 25.9. The highest BCUT2D eigenvalue weighted by Crippen LogP contribution is 2.38. The molecule has 0 bridgehead atoms. The van der Waals surface area contributed by atoms with E-state index in [0.29, 0.717) is 27.0 Å². The van der Waals surface area contributed by atoms with Gasteiger partial charge in [0.1, 0.15) is 0 Å². The number of fused-ring (bicyclic) bond motifs is 1. The third-order valence-electron chi connectivity index (χ3n) is 3.11. The van der Waals surface area contributed by atoms with Crippen molar-refractivity contribution >= 4 is 55.0 Å². The molecule has 0 saturated carbocycles. The molecule has 100 valence electrons. The molecule has 0 aromatic heterocycles. The van der Waals surface area contributed by atoms with Crippen molar-refractivity contribution < 1.29 is 9.59 Å². The molecular formula is C14H8Br2N2O2. The summed E-state index contributed by atoms with van der Waals surface area (Å²) >= 11 is 6.65. The monoisotopic (exact) mass is 394 g/mol. The normalized spacial score (nSPS) is 13.8. The molecule has 1 heterocycles. The molecule has 2 aromatic rings. The van der Waals surface area contributed by atoms with Gasteiger partial charge in [0.05, 0.1) is 22.5 Å². The predicted octanol–water partition coefficient (Wildman–Crippen LogP) is 3.59. The van der Waals surface area contributed by atoms with Crippen LogP contribution in [0.25, 0.3) is 0 Å². The van der Waals surface area contributed by atoms with Crippen LogP contribution in [-0.4, -0.2) is 11.8 Å². The number of hydrogen-bond acceptors (Lipinski definition) is 3. The fourth-order valence-corrected chi connectivity index (χ4v) is 3.37. The van der Waals surface area contributed by atoms with E-state index in [4.69, 9.17) is 5.73 Å². The largest absolute Gasteiger partial charge is 0.396 e. The number of nitrogens with two attached hydrogens (primary N) is 1. The van der Waals surface area contributed by atoms with Gasteiger partial charge in [-0.15, -0.1) is 0 Å². The van der Waals surface area contributed by atoms with Crippen LogP contribution < -0.4 is 10.6 Å². The van der Waals surface area contributed by atoms with Gasteiger partial charge in [0.25, 0.3) is 11.8 Å². The topological polar surface area (TPSA) is 63.4 Å². The number of anilines is 2. The average molecular weight is 396 g/mol. The summed E-state index contributed by atoms with van der Waals surface area (Å²) in [6, 6.07) is 10.2. The minimum absolute atomic E-state index is 0.350. The van der Waals surface area contributed by atoms with E-state index in [0.717, 1.165) is 9.37 Å². The molecule has 0 aliphatic carbocycles. The van der Waals surface area contributed by atoms with Crippen molar-refractivity contribution in [2.45, 2.75) is 0 Å². The zero-order valence-corrected chi connectivity index (χ0v) is 13.2. The van der Waals surface area contributed by atoms with Crippen LogP contribution in [-0.2, 0) is 0 Å². The Balaban J connectivity index is 2.19. The molecule has 2 amide bonds. The van der Waals surface area contributed by atoms with Crippen LogP contribution in [0.3, 0.4) is 0 Å². The quantitative estimate of drug-likeness (QED) is 0.592. The van der Waals surface area contributed by atoms with Crippen LogP contribution in [0.5, 0.6) is 0 Å². The van der Waals surface area contributed by atoms with Gasteiger partial charge in [-0.1, -0.05) is 28.1 Å². The van der Waals surface area contributed by atoms with Crippen LogP contribution in [0, 0.1) is 0 Å². The highest BCUT2D eigenvalue weighted by Gasteiger charge is 2.37. The maximum atomic E-state index is 12.4. The number of rotatable bonds is 1. The van der Waals surface area contributed by atoms with Crippen molar-refractivity contribution in [2.75, 3.05) is 10.6 Å². The summed E-state index contributed by atoms with van der Waals surface area (Å²) in [6.45, 7) is 0. The molecule has 1 aliphatic rings. The van der Waals surface area contributed by atoms with Gasteiger partial charge in [-0.05, 0) is 40.2 Å². The molecule has 4 nitrogen and oxygen atoms in total. The Morgan fingerprint density at radius 1 is 0.950 bits per heavy atom. The summed E-state index contributed by atoms with van der Waals surface area (Å²) in [5.74, 6) is -0.718. The second kappa shape index (κ2) is 4.71. The Hall–Kier alpha value is -1.66. The van der Waals surface area contributed by atoms with Crippen LogP contribution in [0.1, 0.15) is 20.7 Å². The summed E-state index contributed by atoms with van der Waals surface area (Å²) in [7, 11) is 0. The van der Waals surface area contributed by atoms with Crippen molar-refractivity contribution in [3.05, 3.63) is 56.5 Å². The molecule has 0 saturated heterocycles. The first-order chi connectivity index (χ1) is 9.50. The lowest BCUT2D eigenvalue weighted by molar-refractivity contribution is 0.0926. The fourth-order valence-electron chi connectivity index (χ4n) is 2.16. The molecule has 0 radical (unpaired) electrons. The average Bonchev–Trinajstić information content (AvgIpc) is 2.67. The minimum Gasteiger partial charge on any atom is -0.396 e. The van der Waals surface area contributed by atoms with E-state index in [1.807, 2.05) is 0 Å². The molecule has 0 fully saturated rings. The van der Waals surface area contributed by atoms with Gasteiger partial charge in [-0.25, -0.2) is 4.90 Å². The smallest absolute Gasteiger partial charge is 0.266 e. The van der Waals surface area contributed by atoms with Crippen LogP contribution >= 0.6 is 31.9 Å². The van der Waals surface area contributed by atoms with Gasteiger partial charge in [0.15, 0.2) is 0 Å². The first kappa shape index (κ1) is 13.3. The van der Waals surface area contributed by atoms with Crippen molar-refractivity contribution in [3.63, 3.8) is 0 Å². The van der Waals surface area contributed by atoms with Crippen molar-refractivity contribution in [2.24, 2.45) is 0 Å². The van der Waals surface area contributed by atoms with Crippen LogP contribution in [0.2, 0.25) is 0 Å². The summed E-state index contributed by atoms with van der Waals surface area (Å²) in [5.41, 5.74) is 7.49. The fraction of sp³-hybridized carbons (Fsp3) is 0. The van der Waals surface area contributed by atoms with Crippen molar-refractivity contribution in [1.82, 2.24) is 0 Å². The van der Waals surface area contributed by atoms with Gasteiger partial charge >= 0.3 is 0 Å². The molecule has 1 aliphatic heterocycles. The number of nitrogen functional groups attached to an aromatic ring is 1. The molecular weight excluding hydrogens is 388 g/mol. The summed E-state index contributed by atoms with van der Waals surface area (Å²) in [5, 5.41) is 0. The Bertz CT molecular complexity index is 724. The molecule has 0 unspecified atom stereocenters. The molecule has 6 heteroatoms. The van der Waals surface area contributed by atoms with Crippen LogP contribution in [0.4, 0.5) is 11.4 Å². The van der Waals surface area contributed by atoms with Gasteiger partial charge < -0.3 is 5.73 Å². The Morgan fingerprint density at radius 2 is 1.50 bits per heavy atom. The van der Waals surface area contributed by atoms with E-state index in [1.165, 1.54) is 0 Å². The van der Waals surface area contributed by atoms with E-state index < -0.39 is 0 Å². The number of carbonyl (C=O) groups excluding carboxylic acids is 2. The summed E-state index contributed by atoms with van der Waals surface area (Å²) < 4.78 is 1.35. The number of carbonyl (C=O) groups is 2. The second-order valence-corrected chi connectivity index (χ2v) is 6.08. The standard InChI is InChI=1S/C14H8Br2N2O2/c15-7-5-10(16)12(17)11(6-7)18-13(19)8-3-1-2-4-9(8)14(18)20/h1-6H,17H2. The van der Waals surface area contributed by atoms with Gasteiger partial charge in [-0.2, -0.15) is 0 Å². The van der Waals surface area contributed by atoms with E-state index in [-0.39, 0.29) is 11.8 Å². The number of amides is 2. The van der Waals surface area contributed by atoms with E-state index in [2.05, 4.69) is 31.9 Å². The number of benzene rings is 2. The zero-order chi connectivity index (χ0) is 14.4. The predicted molar refractivity (Wildman–Crippen MR) is 83.8 cm³/mol. The van der Waals surface area contributed by atoms with Crippen molar-refractivity contribution in [1.29, 1.82) is 0 Å². The third kappa shape index (κ3) is 1.87.